The zero-order valence-corrected chi connectivity index (χ0v) is 10.1. The van der Waals surface area contributed by atoms with Crippen LogP contribution in [0.1, 0.15) is 5.56 Å². The summed E-state index contributed by atoms with van der Waals surface area (Å²) < 4.78 is 38.4. The Kier molecular flexibility index (Phi) is 4.26. The van der Waals surface area contributed by atoms with Crippen molar-refractivity contribution in [3.63, 3.8) is 0 Å². The van der Waals surface area contributed by atoms with Crippen molar-refractivity contribution < 1.29 is 12.8 Å². The van der Waals surface area contributed by atoms with E-state index >= 15 is 0 Å². The molecule has 0 aliphatic carbocycles. The standard InChI is InChI=1S/C10H15FN2O2S/c1-8-3-4-9(7-10(8)11)13-16(14,15)6-5-12-2/h3-4,7,12-13H,5-6H2,1-2H3. The molecule has 0 heterocycles. The third-order valence-corrected chi connectivity index (χ3v) is 3.35. The van der Waals surface area contributed by atoms with E-state index in [0.29, 0.717) is 12.1 Å². The monoisotopic (exact) mass is 246 g/mol. The van der Waals surface area contributed by atoms with Crippen LogP contribution in [0.2, 0.25) is 0 Å². The molecule has 1 rings (SSSR count). The highest BCUT2D eigenvalue weighted by Crippen LogP contribution is 2.14. The summed E-state index contributed by atoms with van der Waals surface area (Å²) in [5, 5.41) is 2.74. The van der Waals surface area contributed by atoms with Crippen molar-refractivity contribution in [1.82, 2.24) is 5.32 Å². The molecule has 2 N–H and O–H groups in total. The third kappa shape index (κ3) is 3.79. The van der Waals surface area contributed by atoms with Crippen LogP contribution in [-0.2, 0) is 10.0 Å². The summed E-state index contributed by atoms with van der Waals surface area (Å²) in [7, 11) is -1.74. The second kappa shape index (κ2) is 5.27. The highest BCUT2D eigenvalue weighted by molar-refractivity contribution is 7.92. The summed E-state index contributed by atoms with van der Waals surface area (Å²) in [4.78, 5) is 0. The molecule has 6 heteroatoms. The summed E-state index contributed by atoms with van der Waals surface area (Å²) in [6.07, 6.45) is 0. The molecule has 0 atom stereocenters. The van der Waals surface area contributed by atoms with E-state index in [0.717, 1.165) is 0 Å². The molecule has 90 valence electrons. The normalized spacial score (nSPS) is 11.4. The Balaban J connectivity index is 2.76. The molecule has 0 saturated carbocycles. The number of aryl methyl sites for hydroxylation is 1. The molecule has 0 saturated heterocycles. The van der Waals surface area contributed by atoms with Crippen LogP contribution < -0.4 is 10.0 Å². The average Bonchev–Trinajstić information content (AvgIpc) is 2.20. The number of anilines is 1. The minimum Gasteiger partial charge on any atom is -0.319 e. The van der Waals surface area contributed by atoms with Gasteiger partial charge >= 0.3 is 0 Å². The van der Waals surface area contributed by atoms with Crippen LogP contribution in [0.25, 0.3) is 0 Å². The SMILES string of the molecule is CNCCS(=O)(=O)Nc1ccc(C)c(F)c1. The fourth-order valence-electron chi connectivity index (χ4n) is 1.12. The Morgan fingerprint density at radius 2 is 2.06 bits per heavy atom. The molecule has 0 bridgehead atoms. The lowest BCUT2D eigenvalue weighted by atomic mass is 10.2. The van der Waals surface area contributed by atoms with E-state index in [-0.39, 0.29) is 11.4 Å². The molecule has 0 unspecified atom stereocenters. The van der Waals surface area contributed by atoms with E-state index < -0.39 is 15.8 Å². The molecule has 16 heavy (non-hydrogen) atoms. The van der Waals surface area contributed by atoms with E-state index in [1.165, 1.54) is 18.2 Å². The lowest BCUT2D eigenvalue weighted by Crippen LogP contribution is -2.24. The molecule has 0 aliphatic heterocycles. The van der Waals surface area contributed by atoms with Crippen molar-refractivity contribution >= 4 is 15.7 Å². The van der Waals surface area contributed by atoms with Crippen molar-refractivity contribution in [2.45, 2.75) is 6.92 Å². The predicted molar refractivity (Wildman–Crippen MR) is 62.5 cm³/mol. The van der Waals surface area contributed by atoms with Gasteiger partial charge in [0, 0.05) is 6.54 Å². The first-order valence-corrected chi connectivity index (χ1v) is 6.51. The Bertz CT molecular complexity index is 460. The maximum atomic E-state index is 13.2. The maximum Gasteiger partial charge on any atom is 0.233 e. The zero-order valence-electron chi connectivity index (χ0n) is 9.25. The summed E-state index contributed by atoms with van der Waals surface area (Å²) in [5.41, 5.74) is 0.734. The van der Waals surface area contributed by atoms with Gasteiger partial charge in [0.05, 0.1) is 11.4 Å². The van der Waals surface area contributed by atoms with Crippen LogP contribution in [0.5, 0.6) is 0 Å². The molecule has 0 fully saturated rings. The number of hydrogen-bond acceptors (Lipinski definition) is 3. The predicted octanol–water partition coefficient (Wildman–Crippen LogP) is 1.10. The zero-order chi connectivity index (χ0) is 12.2. The van der Waals surface area contributed by atoms with Crippen molar-refractivity contribution in [3.8, 4) is 0 Å². The van der Waals surface area contributed by atoms with E-state index in [4.69, 9.17) is 0 Å². The molecule has 0 amide bonds. The van der Waals surface area contributed by atoms with Gasteiger partial charge in [-0.2, -0.15) is 0 Å². The van der Waals surface area contributed by atoms with E-state index in [9.17, 15) is 12.8 Å². The van der Waals surface area contributed by atoms with Crippen LogP contribution in [-0.4, -0.2) is 27.8 Å². The van der Waals surface area contributed by atoms with E-state index in [2.05, 4.69) is 10.0 Å². The number of halogens is 1. The molecule has 0 spiro atoms. The number of sulfonamides is 1. The van der Waals surface area contributed by atoms with Gasteiger partial charge in [-0.3, -0.25) is 4.72 Å². The first-order valence-electron chi connectivity index (χ1n) is 4.86. The number of rotatable bonds is 5. The molecule has 1 aromatic rings. The summed E-state index contributed by atoms with van der Waals surface area (Å²) >= 11 is 0. The Morgan fingerprint density at radius 1 is 1.38 bits per heavy atom. The van der Waals surface area contributed by atoms with Gasteiger partial charge in [-0.05, 0) is 31.7 Å². The van der Waals surface area contributed by atoms with Crippen LogP contribution >= 0.6 is 0 Å². The van der Waals surface area contributed by atoms with Crippen molar-refractivity contribution in [3.05, 3.63) is 29.6 Å². The first-order chi connectivity index (χ1) is 7.44. The van der Waals surface area contributed by atoms with Crippen LogP contribution in [0.15, 0.2) is 18.2 Å². The van der Waals surface area contributed by atoms with Gasteiger partial charge in [0.25, 0.3) is 0 Å². The lowest BCUT2D eigenvalue weighted by molar-refractivity contribution is 0.598. The van der Waals surface area contributed by atoms with E-state index in [1.807, 2.05) is 0 Å². The molecule has 0 aliphatic rings. The minimum absolute atomic E-state index is 0.0427. The molecule has 0 radical (unpaired) electrons. The van der Waals surface area contributed by atoms with E-state index in [1.54, 1.807) is 14.0 Å². The van der Waals surface area contributed by atoms with Crippen molar-refractivity contribution in [2.75, 3.05) is 24.1 Å². The average molecular weight is 246 g/mol. The fraction of sp³-hybridized carbons (Fsp3) is 0.400. The van der Waals surface area contributed by atoms with Crippen molar-refractivity contribution in [1.29, 1.82) is 0 Å². The summed E-state index contributed by atoms with van der Waals surface area (Å²) in [6, 6.07) is 4.24. The molecule has 4 nitrogen and oxygen atoms in total. The summed E-state index contributed by atoms with van der Waals surface area (Å²) in [5.74, 6) is -0.465. The second-order valence-corrected chi connectivity index (χ2v) is 5.33. The van der Waals surface area contributed by atoms with Gasteiger partial charge in [0.2, 0.25) is 10.0 Å². The minimum atomic E-state index is -3.41. The van der Waals surface area contributed by atoms with Gasteiger partial charge < -0.3 is 5.32 Å². The smallest absolute Gasteiger partial charge is 0.233 e. The molecule has 1 aromatic carbocycles. The number of hydrogen-bond donors (Lipinski definition) is 2. The largest absolute Gasteiger partial charge is 0.319 e. The van der Waals surface area contributed by atoms with Gasteiger partial charge in [0.15, 0.2) is 0 Å². The summed E-state index contributed by atoms with van der Waals surface area (Å²) in [6.45, 7) is 1.97. The molecule has 0 aromatic heterocycles. The quantitative estimate of drug-likeness (QED) is 0.818. The number of benzene rings is 1. The Labute approximate surface area is 94.9 Å². The van der Waals surface area contributed by atoms with Crippen molar-refractivity contribution in [2.24, 2.45) is 0 Å². The lowest BCUT2D eigenvalue weighted by Gasteiger charge is -2.08. The first kappa shape index (κ1) is 12.9. The highest BCUT2D eigenvalue weighted by atomic mass is 32.2. The van der Waals surface area contributed by atoms with Crippen LogP contribution in [0.4, 0.5) is 10.1 Å². The third-order valence-electron chi connectivity index (χ3n) is 2.07. The maximum absolute atomic E-state index is 13.2. The van der Waals surface area contributed by atoms with Gasteiger partial charge in [0.1, 0.15) is 5.82 Å². The Morgan fingerprint density at radius 3 is 2.62 bits per heavy atom. The fourth-order valence-corrected chi connectivity index (χ4v) is 2.18. The topological polar surface area (TPSA) is 58.2 Å². The van der Waals surface area contributed by atoms with Gasteiger partial charge in [-0.15, -0.1) is 0 Å². The number of nitrogens with one attached hydrogen (secondary N) is 2. The van der Waals surface area contributed by atoms with Crippen LogP contribution in [0, 0.1) is 12.7 Å². The molecular formula is C10H15FN2O2S. The highest BCUT2D eigenvalue weighted by Gasteiger charge is 2.10. The Hall–Kier alpha value is -1.14. The molecular weight excluding hydrogens is 231 g/mol. The van der Waals surface area contributed by atoms with Crippen LogP contribution in [0.3, 0.4) is 0 Å². The van der Waals surface area contributed by atoms with Gasteiger partial charge in [-0.1, -0.05) is 6.07 Å². The second-order valence-electron chi connectivity index (χ2n) is 3.49. The van der Waals surface area contributed by atoms with Gasteiger partial charge in [-0.25, -0.2) is 12.8 Å².